The van der Waals surface area contributed by atoms with Crippen molar-refractivity contribution >= 4 is 27.5 Å². The van der Waals surface area contributed by atoms with Crippen LogP contribution in [0.1, 0.15) is 13.8 Å². The molecule has 0 spiro atoms. The van der Waals surface area contributed by atoms with Gasteiger partial charge in [-0.15, -0.1) is 5.10 Å². The molecule has 4 nitrogen and oxygen atoms in total. The normalized spacial score (nSPS) is 11.2. The van der Waals surface area contributed by atoms with E-state index in [9.17, 15) is 0 Å². The first-order valence-corrected chi connectivity index (χ1v) is 5.70. The van der Waals surface area contributed by atoms with Crippen LogP contribution in [0.25, 0.3) is 5.65 Å². The Hall–Kier alpha value is -1.10. The van der Waals surface area contributed by atoms with Crippen molar-refractivity contribution in [2.24, 2.45) is 5.92 Å². The summed E-state index contributed by atoms with van der Waals surface area (Å²) < 4.78 is 2.75. The number of nitrogens with zero attached hydrogens (tertiary/aromatic N) is 3. The molecule has 0 aromatic carbocycles. The predicted octanol–water partition coefficient (Wildman–Crippen LogP) is 2.56. The van der Waals surface area contributed by atoms with Gasteiger partial charge in [0.1, 0.15) is 0 Å². The molecule has 0 aliphatic rings. The van der Waals surface area contributed by atoms with Crippen LogP contribution in [0.5, 0.6) is 0 Å². The molecule has 2 rings (SSSR count). The fourth-order valence-electron chi connectivity index (χ4n) is 1.23. The molecule has 0 unspecified atom stereocenters. The molecule has 0 saturated carbocycles. The van der Waals surface area contributed by atoms with E-state index in [1.807, 2.05) is 18.3 Å². The third kappa shape index (κ3) is 2.47. The molecule has 2 aromatic heterocycles. The van der Waals surface area contributed by atoms with E-state index in [4.69, 9.17) is 0 Å². The number of hydrogen-bond donors (Lipinski definition) is 1. The first kappa shape index (κ1) is 10.4. The van der Waals surface area contributed by atoms with Gasteiger partial charge in [0.05, 0.1) is 0 Å². The van der Waals surface area contributed by atoms with Crippen LogP contribution in [0.4, 0.5) is 5.95 Å². The van der Waals surface area contributed by atoms with Crippen LogP contribution in [-0.4, -0.2) is 21.1 Å². The monoisotopic (exact) mass is 268 g/mol. The predicted molar refractivity (Wildman–Crippen MR) is 64.0 cm³/mol. The molecule has 5 heteroatoms. The summed E-state index contributed by atoms with van der Waals surface area (Å²) >= 11 is 3.39. The van der Waals surface area contributed by atoms with Crippen molar-refractivity contribution in [3.05, 3.63) is 22.8 Å². The van der Waals surface area contributed by atoms with Gasteiger partial charge in [-0.25, -0.2) is 4.52 Å². The van der Waals surface area contributed by atoms with Crippen molar-refractivity contribution in [1.29, 1.82) is 0 Å². The lowest BCUT2D eigenvalue weighted by molar-refractivity contribution is 0.684. The summed E-state index contributed by atoms with van der Waals surface area (Å²) in [6, 6.07) is 3.88. The maximum Gasteiger partial charge on any atom is 0.243 e. The summed E-state index contributed by atoms with van der Waals surface area (Å²) in [5.41, 5.74) is 0.851. The highest BCUT2D eigenvalue weighted by atomic mass is 79.9. The fraction of sp³-hybridized carbons (Fsp3) is 0.400. The Morgan fingerprint density at radius 1 is 1.47 bits per heavy atom. The van der Waals surface area contributed by atoms with Crippen LogP contribution >= 0.6 is 15.9 Å². The van der Waals surface area contributed by atoms with E-state index in [0.29, 0.717) is 11.9 Å². The van der Waals surface area contributed by atoms with Crippen LogP contribution < -0.4 is 5.32 Å². The highest BCUT2D eigenvalue weighted by molar-refractivity contribution is 9.10. The molecular formula is C10H13BrN4. The summed E-state index contributed by atoms with van der Waals surface area (Å²) in [6.45, 7) is 5.19. The lowest BCUT2D eigenvalue weighted by Crippen LogP contribution is -2.09. The van der Waals surface area contributed by atoms with Crippen LogP contribution in [-0.2, 0) is 0 Å². The lowest BCUT2D eigenvalue weighted by atomic mass is 10.2. The SMILES string of the molecule is CC(C)CNc1nc2ccc(Br)cn2n1. The van der Waals surface area contributed by atoms with Crippen molar-refractivity contribution in [3.63, 3.8) is 0 Å². The molecule has 0 aliphatic heterocycles. The zero-order valence-electron chi connectivity index (χ0n) is 8.74. The topological polar surface area (TPSA) is 42.2 Å². The van der Waals surface area contributed by atoms with Gasteiger partial charge in [0.15, 0.2) is 5.65 Å². The number of fused-ring (bicyclic) bond motifs is 1. The summed E-state index contributed by atoms with van der Waals surface area (Å²) in [6.07, 6.45) is 1.89. The standard InChI is InChI=1S/C10H13BrN4/c1-7(2)5-12-10-13-9-4-3-8(11)6-15(9)14-10/h3-4,6-7H,5H2,1-2H3,(H,12,14). The molecule has 0 aliphatic carbocycles. The molecule has 0 radical (unpaired) electrons. The number of rotatable bonds is 3. The highest BCUT2D eigenvalue weighted by Crippen LogP contribution is 2.12. The largest absolute Gasteiger partial charge is 0.353 e. The fourth-order valence-corrected chi connectivity index (χ4v) is 1.55. The molecule has 1 N–H and O–H groups in total. The number of aromatic nitrogens is 3. The molecule has 0 amide bonds. The molecule has 0 fully saturated rings. The number of nitrogens with one attached hydrogen (secondary N) is 1. The Morgan fingerprint density at radius 2 is 2.27 bits per heavy atom. The summed E-state index contributed by atoms with van der Waals surface area (Å²) in [5, 5.41) is 7.50. The molecular weight excluding hydrogens is 256 g/mol. The maximum absolute atomic E-state index is 4.35. The Labute approximate surface area is 96.8 Å². The third-order valence-corrected chi connectivity index (χ3v) is 2.43. The second-order valence-corrected chi connectivity index (χ2v) is 4.78. The molecule has 0 saturated heterocycles. The zero-order valence-corrected chi connectivity index (χ0v) is 10.3. The van der Waals surface area contributed by atoms with E-state index in [2.05, 4.69) is 45.2 Å². The number of pyridine rings is 1. The van der Waals surface area contributed by atoms with Gasteiger partial charge in [0.2, 0.25) is 5.95 Å². The summed E-state index contributed by atoms with van der Waals surface area (Å²) in [7, 11) is 0. The van der Waals surface area contributed by atoms with Gasteiger partial charge in [-0.2, -0.15) is 4.98 Å². The van der Waals surface area contributed by atoms with E-state index in [1.165, 1.54) is 0 Å². The smallest absolute Gasteiger partial charge is 0.243 e. The molecule has 2 heterocycles. The first-order chi connectivity index (χ1) is 7.15. The van der Waals surface area contributed by atoms with Crippen molar-refractivity contribution in [3.8, 4) is 0 Å². The second-order valence-electron chi connectivity index (χ2n) is 3.86. The first-order valence-electron chi connectivity index (χ1n) is 4.91. The third-order valence-electron chi connectivity index (χ3n) is 1.96. The van der Waals surface area contributed by atoms with Gasteiger partial charge in [0, 0.05) is 17.2 Å². The number of halogens is 1. The summed E-state index contributed by atoms with van der Waals surface area (Å²) in [5.74, 6) is 1.27. The van der Waals surface area contributed by atoms with E-state index in [1.54, 1.807) is 4.52 Å². The Morgan fingerprint density at radius 3 is 3.00 bits per heavy atom. The molecule has 2 aromatic rings. The van der Waals surface area contributed by atoms with Gasteiger partial charge in [-0.1, -0.05) is 13.8 Å². The average Bonchev–Trinajstić information content (AvgIpc) is 2.56. The Bertz CT molecular complexity index is 463. The van der Waals surface area contributed by atoms with Gasteiger partial charge < -0.3 is 5.32 Å². The lowest BCUT2D eigenvalue weighted by Gasteiger charge is -2.03. The van der Waals surface area contributed by atoms with Gasteiger partial charge in [-0.05, 0) is 34.0 Å². The minimum Gasteiger partial charge on any atom is -0.353 e. The molecule has 0 atom stereocenters. The Balaban J connectivity index is 2.23. The van der Waals surface area contributed by atoms with Crippen molar-refractivity contribution in [2.45, 2.75) is 13.8 Å². The molecule has 0 bridgehead atoms. The van der Waals surface area contributed by atoms with Crippen LogP contribution in [0, 0.1) is 5.92 Å². The number of hydrogen-bond acceptors (Lipinski definition) is 3. The Kier molecular flexibility index (Phi) is 2.90. The quantitative estimate of drug-likeness (QED) is 0.931. The molecule has 80 valence electrons. The van der Waals surface area contributed by atoms with Crippen LogP contribution in [0.15, 0.2) is 22.8 Å². The van der Waals surface area contributed by atoms with E-state index >= 15 is 0 Å². The van der Waals surface area contributed by atoms with Gasteiger partial charge >= 0.3 is 0 Å². The highest BCUT2D eigenvalue weighted by Gasteiger charge is 2.03. The van der Waals surface area contributed by atoms with Crippen molar-refractivity contribution in [2.75, 3.05) is 11.9 Å². The average molecular weight is 269 g/mol. The van der Waals surface area contributed by atoms with Crippen LogP contribution in [0.3, 0.4) is 0 Å². The van der Waals surface area contributed by atoms with E-state index < -0.39 is 0 Å². The van der Waals surface area contributed by atoms with E-state index in [-0.39, 0.29) is 0 Å². The number of anilines is 1. The minimum atomic E-state index is 0.586. The van der Waals surface area contributed by atoms with Crippen molar-refractivity contribution in [1.82, 2.24) is 14.6 Å². The zero-order chi connectivity index (χ0) is 10.8. The van der Waals surface area contributed by atoms with Gasteiger partial charge in [0.25, 0.3) is 0 Å². The second kappa shape index (κ2) is 4.18. The van der Waals surface area contributed by atoms with Gasteiger partial charge in [-0.3, -0.25) is 0 Å². The maximum atomic E-state index is 4.35. The molecule has 15 heavy (non-hydrogen) atoms. The van der Waals surface area contributed by atoms with Crippen molar-refractivity contribution < 1.29 is 0 Å². The minimum absolute atomic E-state index is 0.586. The van der Waals surface area contributed by atoms with E-state index in [0.717, 1.165) is 16.7 Å². The van der Waals surface area contributed by atoms with Crippen LogP contribution in [0.2, 0.25) is 0 Å². The summed E-state index contributed by atoms with van der Waals surface area (Å²) in [4.78, 5) is 4.35.